The molecule has 2 heterocycles. The SMILES string of the molecule is CCN(CC)C(=O)C1(NC(=O)c2sc3ncn(C)c(=O)c3c2C)CCCCC1. The van der Waals surface area contributed by atoms with Crippen LogP contribution < -0.4 is 10.9 Å². The summed E-state index contributed by atoms with van der Waals surface area (Å²) in [6.45, 7) is 6.93. The molecule has 2 aromatic rings. The van der Waals surface area contributed by atoms with Crippen molar-refractivity contribution in [3.05, 3.63) is 27.1 Å². The first-order chi connectivity index (χ1) is 13.3. The Balaban J connectivity index is 1.98. The Labute approximate surface area is 168 Å². The first-order valence-corrected chi connectivity index (χ1v) is 10.7. The van der Waals surface area contributed by atoms with E-state index in [4.69, 9.17) is 0 Å². The molecule has 28 heavy (non-hydrogen) atoms. The van der Waals surface area contributed by atoms with E-state index in [-0.39, 0.29) is 17.4 Å². The summed E-state index contributed by atoms with van der Waals surface area (Å²) in [5.41, 5.74) is -0.389. The number of hydrogen-bond donors (Lipinski definition) is 1. The van der Waals surface area contributed by atoms with Crippen LogP contribution >= 0.6 is 11.3 Å². The van der Waals surface area contributed by atoms with Gasteiger partial charge in [-0.1, -0.05) is 19.3 Å². The quantitative estimate of drug-likeness (QED) is 0.830. The summed E-state index contributed by atoms with van der Waals surface area (Å²) < 4.78 is 1.41. The molecule has 1 saturated carbocycles. The molecule has 0 radical (unpaired) electrons. The number of aromatic nitrogens is 2. The van der Waals surface area contributed by atoms with Crippen LogP contribution in [0, 0.1) is 6.92 Å². The zero-order valence-electron chi connectivity index (χ0n) is 17.0. The molecule has 0 atom stereocenters. The van der Waals surface area contributed by atoms with Crippen molar-refractivity contribution in [3.63, 3.8) is 0 Å². The first kappa shape index (κ1) is 20.5. The van der Waals surface area contributed by atoms with Crippen LogP contribution in [0.2, 0.25) is 0 Å². The number of nitrogens with zero attached hydrogens (tertiary/aromatic N) is 3. The van der Waals surface area contributed by atoms with Crippen LogP contribution in [0.1, 0.15) is 61.2 Å². The van der Waals surface area contributed by atoms with E-state index in [9.17, 15) is 14.4 Å². The molecule has 0 unspecified atom stereocenters. The summed E-state index contributed by atoms with van der Waals surface area (Å²) in [6.07, 6.45) is 5.68. The lowest BCUT2D eigenvalue weighted by molar-refractivity contribution is -0.139. The van der Waals surface area contributed by atoms with Crippen molar-refractivity contribution < 1.29 is 9.59 Å². The molecule has 1 N–H and O–H groups in total. The van der Waals surface area contributed by atoms with Gasteiger partial charge in [0.05, 0.1) is 16.6 Å². The largest absolute Gasteiger partial charge is 0.341 e. The molecule has 1 fully saturated rings. The number of thiophene rings is 1. The second kappa shape index (κ2) is 8.03. The molecule has 1 aliphatic carbocycles. The number of hydrogen-bond acceptors (Lipinski definition) is 5. The van der Waals surface area contributed by atoms with Crippen molar-refractivity contribution in [1.82, 2.24) is 19.8 Å². The van der Waals surface area contributed by atoms with Gasteiger partial charge < -0.3 is 14.8 Å². The van der Waals surface area contributed by atoms with Gasteiger partial charge in [-0.05, 0) is 39.2 Å². The smallest absolute Gasteiger partial charge is 0.262 e. The monoisotopic (exact) mass is 404 g/mol. The number of fused-ring (bicyclic) bond motifs is 1. The summed E-state index contributed by atoms with van der Waals surface area (Å²) in [5.74, 6) is -0.289. The van der Waals surface area contributed by atoms with E-state index in [0.717, 1.165) is 19.3 Å². The number of nitrogens with one attached hydrogen (secondary N) is 1. The van der Waals surface area contributed by atoms with Crippen molar-refractivity contribution in [2.45, 2.75) is 58.4 Å². The van der Waals surface area contributed by atoms with E-state index in [1.807, 2.05) is 13.8 Å². The molecule has 0 saturated heterocycles. The topological polar surface area (TPSA) is 84.3 Å². The summed E-state index contributed by atoms with van der Waals surface area (Å²) in [5, 5.41) is 3.56. The van der Waals surface area contributed by atoms with Crippen molar-refractivity contribution in [1.29, 1.82) is 0 Å². The highest BCUT2D eigenvalue weighted by atomic mass is 32.1. The maximum Gasteiger partial charge on any atom is 0.262 e. The van der Waals surface area contributed by atoms with Crippen LogP contribution in [0.4, 0.5) is 0 Å². The number of rotatable bonds is 5. The molecule has 152 valence electrons. The van der Waals surface area contributed by atoms with E-state index in [1.54, 1.807) is 18.9 Å². The molecule has 1 aliphatic rings. The lowest BCUT2D eigenvalue weighted by atomic mass is 9.80. The number of amides is 2. The predicted octanol–water partition coefficient (Wildman–Crippen LogP) is 2.60. The first-order valence-electron chi connectivity index (χ1n) is 9.91. The summed E-state index contributed by atoms with van der Waals surface area (Å²) >= 11 is 1.21. The molecular formula is C20H28N4O3S. The summed E-state index contributed by atoms with van der Waals surface area (Å²) in [7, 11) is 1.64. The third-order valence-electron chi connectivity index (χ3n) is 5.74. The second-order valence-electron chi connectivity index (χ2n) is 7.47. The Hall–Kier alpha value is -2.22. The van der Waals surface area contributed by atoms with Gasteiger partial charge in [0.2, 0.25) is 5.91 Å². The Bertz CT molecular complexity index is 952. The molecule has 3 rings (SSSR count). The average molecular weight is 405 g/mol. The van der Waals surface area contributed by atoms with E-state index in [1.165, 1.54) is 22.2 Å². The van der Waals surface area contributed by atoms with Crippen LogP contribution in [0.25, 0.3) is 10.2 Å². The molecule has 0 aromatic carbocycles. The van der Waals surface area contributed by atoms with Crippen LogP contribution in [0.5, 0.6) is 0 Å². The molecular weight excluding hydrogens is 376 g/mol. The van der Waals surface area contributed by atoms with Gasteiger partial charge >= 0.3 is 0 Å². The Kier molecular flexibility index (Phi) is 5.88. The average Bonchev–Trinajstić information content (AvgIpc) is 3.03. The molecule has 0 spiro atoms. The molecule has 2 aromatic heterocycles. The summed E-state index contributed by atoms with van der Waals surface area (Å²) in [6, 6.07) is 0. The molecule has 7 nitrogen and oxygen atoms in total. The minimum Gasteiger partial charge on any atom is -0.341 e. The van der Waals surface area contributed by atoms with E-state index in [0.29, 0.717) is 46.6 Å². The molecule has 0 bridgehead atoms. The Morgan fingerprint density at radius 2 is 1.89 bits per heavy atom. The van der Waals surface area contributed by atoms with Gasteiger partial charge in [-0.15, -0.1) is 11.3 Å². The molecule has 0 aliphatic heterocycles. The van der Waals surface area contributed by atoms with Gasteiger partial charge in [0.15, 0.2) is 0 Å². The van der Waals surface area contributed by atoms with E-state index < -0.39 is 5.54 Å². The van der Waals surface area contributed by atoms with E-state index in [2.05, 4.69) is 10.3 Å². The zero-order valence-corrected chi connectivity index (χ0v) is 17.8. The lowest BCUT2D eigenvalue weighted by Crippen LogP contribution is -2.60. The summed E-state index contributed by atoms with van der Waals surface area (Å²) in [4.78, 5) is 46.0. The third kappa shape index (κ3) is 3.45. The van der Waals surface area contributed by atoms with Crippen LogP contribution in [-0.4, -0.2) is 44.9 Å². The number of likely N-dealkylation sites (N-methyl/N-ethyl adjacent to an activating group) is 1. The van der Waals surface area contributed by atoms with Gasteiger partial charge in [-0.3, -0.25) is 14.4 Å². The number of aryl methyl sites for hydroxylation is 2. The zero-order chi connectivity index (χ0) is 20.5. The van der Waals surface area contributed by atoms with Crippen molar-refractivity contribution >= 4 is 33.4 Å². The van der Waals surface area contributed by atoms with Crippen LogP contribution in [0.3, 0.4) is 0 Å². The van der Waals surface area contributed by atoms with Gasteiger partial charge in [0, 0.05) is 20.1 Å². The van der Waals surface area contributed by atoms with Gasteiger partial charge in [0.25, 0.3) is 11.5 Å². The molecule has 8 heteroatoms. The minimum absolute atomic E-state index is 0.00152. The Morgan fingerprint density at radius 1 is 1.25 bits per heavy atom. The van der Waals surface area contributed by atoms with Crippen molar-refractivity contribution in [2.75, 3.05) is 13.1 Å². The second-order valence-corrected chi connectivity index (χ2v) is 8.47. The maximum absolute atomic E-state index is 13.3. The van der Waals surface area contributed by atoms with Crippen molar-refractivity contribution in [2.24, 2.45) is 7.05 Å². The fourth-order valence-corrected chi connectivity index (χ4v) is 5.10. The van der Waals surface area contributed by atoms with Crippen LogP contribution in [0.15, 0.2) is 11.1 Å². The molecule has 2 amide bonds. The van der Waals surface area contributed by atoms with Crippen LogP contribution in [-0.2, 0) is 11.8 Å². The standard InChI is InChI=1S/C20H28N4O3S/c1-5-24(6-2)19(27)20(10-8-7-9-11-20)22-16(25)15-13(3)14-17(28-15)21-12-23(4)18(14)26/h12H,5-11H2,1-4H3,(H,22,25). The van der Waals surface area contributed by atoms with Gasteiger partial charge in [-0.25, -0.2) is 4.98 Å². The highest BCUT2D eigenvalue weighted by molar-refractivity contribution is 7.20. The van der Waals surface area contributed by atoms with Gasteiger partial charge in [-0.2, -0.15) is 0 Å². The highest BCUT2D eigenvalue weighted by Crippen LogP contribution is 2.32. The minimum atomic E-state index is -0.859. The Morgan fingerprint density at radius 3 is 2.50 bits per heavy atom. The number of carbonyl (C=O) groups is 2. The lowest BCUT2D eigenvalue weighted by Gasteiger charge is -2.40. The third-order valence-corrected chi connectivity index (χ3v) is 6.94. The van der Waals surface area contributed by atoms with E-state index >= 15 is 0 Å². The van der Waals surface area contributed by atoms with Gasteiger partial charge in [0.1, 0.15) is 10.4 Å². The predicted molar refractivity (Wildman–Crippen MR) is 111 cm³/mol. The fourth-order valence-electron chi connectivity index (χ4n) is 4.06. The maximum atomic E-state index is 13.3. The highest BCUT2D eigenvalue weighted by Gasteiger charge is 2.43. The fraction of sp³-hybridized carbons (Fsp3) is 0.600. The normalized spacial score (nSPS) is 16.1. The number of carbonyl (C=O) groups excluding carboxylic acids is 2. The van der Waals surface area contributed by atoms with Crippen molar-refractivity contribution in [3.8, 4) is 0 Å².